The highest BCUT2D eigenvalue weighted by Gasteiger charge is 2.13. The van der Waals surface area contributed by atoms with E-state index in [0.717, 1.165) is 31.0 Å². The molecular weight excluding hydrogens is 411 g/mol. The lowest BCUT2D eigenvalue weighted by Crippen LogP contribution is -1.93. The molecular formula is C13H7Br2ClN2S. The number of nitrogens with zero attached hydrogens (tertiary/aromatic N) is 2. The van der Waals surface area contributed by atoms with Gasteiger partial charge in [0.1, 0.15) is 5.15 Å². The van der Waals surface area contributed by atoms with Crippen LogP contribution in [0.4, 0.5) is 0 Å². The van der Waals surface area contributed by atoms with Crippen LogP contribution >= 0.6 is 54.8 Å². The summed E-state index contributed by atoms with van der Waals surface area (Å²) in [6, 6.07) is 3.88. The quantitative estimate of drug-likeness (QED) is 0.464. The van der Waals surface area contributed by atoms with Gasteiger partial charge in [-0.25, -0.2) is 9.97 Å². The minimum absolute atomic E-state index is 0.465. The van der Waals surface area contributed by atoms with Gasteiger partial charge in [-0.15, -0.1) is 0 Å². The summed E-state index contributed by atoms with van der Waals surface area (Å²) in [4.78, 5) is 9.03. The normalized spacial score (nSPS) is 11.2. The van der Waals surface area contributed by atoms with Crippen molar-refractivity contribution in [1.29, 1.82) is 0 Å². The van der Waals surface area contributed by atoms with Gasteiger partial charge in [-0.3, -0.25) is 0 Å². The Morgan fingerprint density at radius 3 is 2.63 bits per heavy atom. The van der Waals surface area contributed by atoms with Crippen molar-refractivity contribution in [3.05, 3.63) is 42.6 Å². The van der Waals surface area contributed by atoms with Crippen LogP contribution in [0, 0.1) is 6.92 Å². The maximum atomic E-state index is 6.29. The molecule has 0 radical (unpaired) electrons. The van der Waals surface area contributed by atoms with Gasteiger partial charge in [-0.1, -0.05) is 27.5 Å². The number of aromatic nitrogens is 2. The zero-order chi connectivity index (χ0) is 13.6. The van der Waals surface area contributed by atoms with E-state index in [2.05, 4.69) is 47.2 Å². The number of halogens is 3. The first-order valence-corrected chi connectivity index (χ1v) is 8.32. The Kier molecular flexibility index (Phi) is 3.64. The van der Waals surface area contributed by atoms with Gasteiger partial charge in [0.05, 0.1) is 5.52 Å². The molecule has 6 heteroatoms. The first-order chi connectivity index (χ1) is 9.06. The molecule has 96 valence electrons. The smallest absolute Gasteiger partial charge is 0.162 e. The zero-order valence-electron chi connectivity index (χ0n) is 9.75. The van der Waals surface area contributed by atoms with E-state index in [9.17, 15) is 0 Å². The molecule has 2 heterocycles. The number of thiophene rings is 1. The van der Waals surface area contributed by atoms with Crippen LogP contribution in [-0.2, 0) is 0 Å². The van der Waals surface area contributed by atoms with Crippen LogP contribution in [0.25, 0.3) is 22.3 Å². The minimum Gasteiger partial charge on any atom is -0.227 e. The molecule has 0 unspecified atom stereocenters. The second-order valence-electron chi connectivity index (χ2n) is 4.09. The van der Waals surface area contributed by atoms with Gasteiger partial charge in [0.25, 0.3) is 0 Å². The molecule has 0 saturated carbocycles. The average molecular weight is 419 g/mol. The van der Waals surface area contributed by atoms with Crippen LogP contribution in [0.15, 0.2) is 31.8 Å². The lowest BCUT2D eigenvalue weighted by atomic mass is 10.2. The number of hydrogen-bond donors (Lipinski definition) is 0. The monoisotopic (exact) mass is 416 g/mol. The van der Waals surface area contributed by atoms with Gasteiger partial charge in [0, 0.05) is 25.3 Å². The summed E-state index contributed by atoms with van der Waals surface area (Å²) >= 11 is 14.9. The van der Waals surface area contributed by atoms with E-state index >= 15 is 0 Å². The molecule has 0 aliphatic rings. The Morgan fingerprint density at radius 1 is 1.16 bits per heavy atom. The number of benzene rings is 1. The third-order valence-corrected chi connectivity index (χ3v) is 4.98. The molecule has 0 bridgehead atoms. The molecule has 0 aliphatic carbocycles. The topological polar surface area (TPSA) is 25.8 Å². The van der Waals surface area contributed by atoms with Gasteiger partial charge in [0.2, 0.25) is 0 Å². The summed E-state index contributed by atoms with van der Waals surface area (Å²) < 4.78 is 1.84. The maximum absolute atomic E-state index is 6.29. The van der Waals surface area contributed by atoms with Crippen LogP contribution in [-0.4, -0.2) is 9.97 Å². The first-order valence-electron chi connectivity index (χ1n) is 5.41. The van der Waals surface area contributed by atoms with E-state index in [1.165, 1.54) is 0 Å². The number of aryl methyl sites for hydroxylation is 1. The highest BCUT2D eigenvalue weighted by Crippen LogP contribution is 2.33. The molecule has 0 fully saturated rings. The molecule has 2 aromatic heterocycles. The average Bonchev–Trinajstić information content (AvgIpc) is 2.76. The Bertz CT molecular complexity index is 786. The van der Waals surface area contributed by atoms with Crippen molar-refractivity contribution in [3.63, 3.8) is 0 Å². The molecule has 3 rings (SSSR count). The van der Waals surface area contributed by atoms with Crippen molar-refractivity contribution in [2.75, 3.05) is 0 Å². The fourth-order valence-electron chi connectivity index (χ4n) is 1.83. The molecule has 0 aliphatic heterocycles. The van der Waals surface area contributed by atoms with E-state index < -0.39 is 0 Å². The standard InChI is InChI=1S/C13H7Br2ClN2S/c1-6-4-19-5-9(6)13-17-11-8(12(16)18-13)2-7(14)3-10(11)15/h2-5H,1H3. The van der Waals surface area contributed by atoms with E-state index in [1.54, 1.807) is 11.3 Å². The van der Waals surface area contributed by atoms with Crippen molar-refractivity contribution in [2.24, 2.45) is 0 Å². The molecule has 0 amide bonds. The van der Waals surface area contributed by atoms with Crippen molar-refractivity contribution in [1.82, 2.24) is 9.97 Å². The third kappa shape index (κ3) is 2.44. The van der Waals surface area contributed by atoms with E-state index in [1.807, 2.05) is 24.4 Å². The SMILES string of the molecule is Cc1cscc1-c1nc(Cl)c2cc(Br)cc(Br)c2n1. The van der Waals surface area contributed by atoms with Crippen LogP contribution in [0.5, 0.6) is 0 Å². The van der Waals surface area contributed by atoms with Crippen molar-refractivity contribution in [2.45, 2.75) is 6.92 Å². The van der Waals surface area contributed by atoms with Crippen LogP contribution < -0.4 is 0 Å². The fourth-order valence-corrected chi connectivity index (χ4v) is 4.20. The molecule has 0 spiro atoms. The Hall–Kier alpha value is -0.490. The van der Waals surface area contributed by atoms with Crippen molar-refractivity contribution in [3.8, 4) is 11.4 Å². The molecule has 3 aromatic rings. The van der Waals surface area contributed by atoms with Gasteiger partial charge < -0.3 is 0 Å². The number of hydrogen-bond acceptors (Lipinski definition) is 3. The third-order valence-electron chi connectivity index (χ3n) is 2.77. The van der Waals surface area contributed by atoms with Crippen LogP contribution in [0.1, 0.15) is 5.56 Å². The Balaban J connectivity index is 2.34. The highest BCUT2D eigenvalue weighted by molar-refractivity contribution is 9.11. The van der Waals surface area contributed by atoms with Crippen molar-refractivity contribution >= 4 is 65.7 Å². The molecule has 0 atom stereocenters. The summed E-state index contributed by atoms with van der Waals surface area (Å²) in [5, 5.41) is 5.42. The lowest BCUT2D eigenvalue weighted by Gasteiger charge is -2.06. The molecule has 1 aromatic carbocycles. The van der Waals surface area contributed by atoms with Crippen LogP contribution in [0.3, 0.4) is 0 Å². The fraction of sp³-hybridized carbons (Fsp3) is 0.0769. The summed E-state index contributed by atoms with van der Waals surface area (Å²) in [5.74, 6) is 0.666. The second kappa shape index (κ2) is 5.13. The van der Waals surface area contributed by atoms with Gasteiger partial charge in [-0.05, 0) is 45.9 Å². The zero-order valence-corrected chi connectivity index (χ0v) is 14.5. The van der Waals surface area contributed by atoms with Gasteiger partial charge >= 0.3 is 0 Å². The van der Waals surface area contributed by atoms with Crippen LogP contribution in [0.2, 0.25) is 5.15 Å². The number of rotatable bonds is 1. The Labute approximate surface area is 136 Å². The summed E-state index contributed by atoms with van der Waals surface area (Å²) in [6.07, 6.45) is 0. The highest BCUT2D eigenvalue weighted by atomic mass is 79.9. The van der Waals surface area contributed by atoms with E-state index in [4.69, 9.17) is 11.6 Å². The molecule has 0 N–H and O–H groups in total. The van der Waals surface area contributed by atoms with E-state index in [0.29, 0.717) is 11.0 Å². The second-order valence-corrected chi connectivity index (χ2v) is 6.96. The maximum Gasteiger partial charge on any atom is 0.162 e. The van der Waals surface area contributed by atoms with E-state index in [-0.39, 0.29) is 0 Å². The van der Waals surface area contributed by atoms with Crippen molar-refractivity contribution < 1.29 is 0 Å². The molecule has 2 nitrogen and oxygen atoms in total. The predicted molar refractivity (Wildman–Crippen MR) is 88.0 cm³/mol. The summed E-state index contributed by atoms with van der Waals surface area (Å²) in [5.41, 5.74) is 3.01. The first kappa shape index (κ1) is 13.5. The van der Waals surface area contributed by atoms with Gasteiger partial charge in [-0.2, -0.15) is 11.3 Å². The summed E-state index contributed by atoms with van der Waals surface area (Å²) in [6.45, 7) is 2.05. The van der Waals surface area contributed by atoms with Gasteiger partial charge in [0.15, 0.2) is 5.82 Å². The predicted octanol–water partition coefficient (Wildman–Crippen LogP) is 5.85. The minimum atomic E-state index is 0.465. The lowest BCUT2D eigenvalue weighted by molar-refractivity contribution is 1.22. The molecule has 19 heavy (non-hydrogen) atoms. The molecule has 0 saturated heterocycles. The largest absolute Gasteiger partial charge is 0.227 e. The number of fused-ring (bicyclic) bond motifs is 1. The summed E-state index contributed by atoms with van der Waals surface area (Å²) in [7, 11) is 0. The Morgan fingerprint density at radius 2 is 1.95 bits per heavy atom.